The number of nitrogens with two attached hydrogens (primary N) is 1. The molecule has 2 heterocycles. The molecule has 0 bridgehead atoms. The second kappa shape index (κ2) is 4.02. The van der Waals surface area contributed by atoms with Crippen LogP contribution in [0.5, 0.6) is 0 Å². The van der Waals surface area contributed by atoms with E-state index in [4.69, 9.17) is 17.3 Å². The van der Waals surface area contributed by atoms with Gasteiger partial charge in [0, 0.05) is 33.1 Å². The predicted molar refractivity (Wildman–Crippen MR) is 74.5 cm³/mol. The molecule has 84 valence electrons. The number of nitrogen functional groups attached to an aromatic ring is 1. The second-order valence-electron chi connectivity index (χ2n) is 3.75. The van der Waals surface area contributed by atoms with Crippen LogP contribution in [0, 0.1) is 0 Å². The van der Waals surface area contributed by atoms with Gasteiger partial charge in [0.1, 0.15) is 4.83 Å². The molecular weight excluding hydrogens is 252 g/mol. The molecule has 0 aliphatic carbocycles. The first-order valence-corrected chi connectivity index (χ1v) is 6.39. The highest BCUT2D eigenvalue weighted by Crippen LogP contribution is 2.32. The summed E-state index contributed by atoms with van der Waals surface area (Å²) in [7, 11) is 0. The molecule has 2 aromatic heterocycles. The van der Waals surface area contributed by atoms with Crippen LogP contribution in [0.25, 0.3) is 21.3 Å². The number of nitrogens with zero attached hydrogens (tertiary/aromatic N) is 1. The molecule has 0 spiro atoms. The van der Waals surface area contributed by atoms with Crippen LogP contribution in [0.3, 0.4) is 0 Å². The van der Waals surface area contributed by atoms with Crippen LogP contribution in [0.4, 0.5) is 5.69 Å². The van der Waals surface area contributed by atoms with Gasteiger partial charge >= 0.3 is 0 Å². The lowest BCUT2D eigenvalue weighted by atomic mass is 10.1. The molecule has 4 heteroatoms. The third-order valence-electron chi connectivity index (χ3n) is 2.64. The van der Waals surface area contributed by atoms with E-state index in [0.29, 0.717) is 0 Å². The Morgan fingerprint density at radius 1 is 1.24 bits per heavy atom. The zero-order chi connectivity index (χ0) is 11.8. The summed E-state index contributed by atoms with van der Waals surface area (Å²) in [5.74, 6) is 0. The molecule has 3 rings (SSSR count). The minimum Gasteiger partial charge on any atom is -0.398 e. The van der Waals surface area contributed by atoms with Gasteiger partial charge in [-0.1, -0.05) is 29.8 Å². The summed E-state index contributed by atoms with van der Waals surface area (Å²) in [6.45, 7) is 0. The fourth-order valence-corrected chi connectivity index (χ4v) is 2.81. The van der Waals surface area contributed by atoms with Gasteiger partial charge in [0.2, 0.25) is 0 Å². The average Bonchev–Trinajstić information content (AvgIpc) is 2.71. The Morgan fingerprint density at radius 3 is 2.88 bits per heavy atom. The molecule has 2 nitrogen and oxygen atoms in total. The van der Waals surface area contributed by atoms with Gasteiger partial charge in [-0.3, -0.25) is 0 Å². The lowest BCUT2D eigenvalue weighted by Gasteiger charge is -2.04. The van der Waals surface area contributed by atoms with Crippen molar-refractivity contribution in [1.82, 2.24) is 4.98 Å². The van der Waals surface area contributed by atoms with Gasteiger partial charge in [-0.25, -0.2) is 4.98 Å². The largest absolute Gasteiger partial charge is 0.398 e. The monoisotopic (exact) mass is 260 g/mol. The Morgan fingerprint density at radius 2 is 2.06 bits per heavy atom. The first-order chi connectivity index (χ1) is 8.25. The highest BCUT2D eigenvalue weighted by molar-refractivity contribution is 7.17. The van der Waals surface area contributed by atoms with E-state index in [2.05, 4.69) is 4.98 Å². The van der Waals surface area contributed by atoms with E-state index in [1.807, 2.05) is 41.9 Å². The van der Waals surface area contributed by atoms with Crippen molar-refractivity contribution < 1.29 is 0 Å². The maximum Gasteiger partial charge on any atom is 0.125 e. The fraction of sp³-hybridized carbons (Fsp3) is 0. The standard InChI is InChI=1S/C13H9ClN2S/c14-11-4-2-1-3-9(11)8-5-10-12(15)7-17-13(10)16-6-8/h1-7H,15H2. The van der Waals surface area contributed by atoms with Crippen molar-refractivity contribution in [2.24, 2.45) is 0 Å². The van der Waals surface area contributed by atoms with E-state index in [9.17, 15) is 0 Å². The molecule has 0 aliphatic heterocycles. The number of rotatable bonds is 1. The molecule has 0 unspecified atom stereocenters. The van der Waals surface area contributed by atoms with Gasteiger partial charge < -0.3 is 5.73 Å². The SMILES string of the molecule is Nc1csc2ncc(-c3ccccc3Cl)cc12. The van der Waals surface area contributed by atoms with Gasteiger partial charge in [-0.05, 0) is 12.1 Å². The van der Waals surface area contributed by atoms with Crippen molar-refractivity contribution in [1.29, 1.82) is 0 Å². The molecule has 17 heavy (non-hydrogen) atoms. The number of hydrogen-bond acceptors (Lipinski definition) is 3. The minimum atomic E-state index is 0.724. The minimum absolute atomic E-state index is 0.724. The molecular formula is C13H9ClN2S. The third kappa shape index (κ3) is 1.77. The molecule has 0 aliphatic rings. The molecule has 0 atom stereocenters. The van der Waals surface area contributed by atoms with E-state index in [1.54, 1.807) is 11.3 Å². The quantitative estimate of drug-likeness (QED) is 0.712. The maximum atomic E-state index is 6.17. The predicted octanol–water partition coefficient (Wildman–Crippen LogP) is 4.20. The second-order valence-corrected chi connectivity index (χ2v) is 5.01. The molecule has 0 radical (unpaired) electrons. The smallest absolute Gasteiger partial charge is 0.125 e. The molecule has 0 saturated heterocycles. The first-order valence-electron chi connectivity index (χ1n) is 5.13. The zero-order valence-electron chi connectivity index (χ0n) is 8.85. The van der Waals surface area contributed by atoms with Gasteiger partial charge in [0.15, 0.2) is 0 Å². The van der Waals surface area contributed by atoms with Crippen LogP contribution in [0.1, 0.15) is 0 Å². The van der Waals surface area contributed by atoms with Crippen molar-refractivity contribution in [2.75, 3.05) is 5.73 Å². The number of fused-ring (bicyclic) bond motifs is 1. The van der Waals surface area contributed by atoms with Gasteiger partial charge in [0.25, 0.3) is 0 Å². The number of halogens is 1. The van der Waals surface area contributed by atoms with Crippen molar-refractivity contribution in [3.63, 3.8) is 0 Å². The van der Waals surface area contributed by atoms with E-state index >= 15 is 0 Å². The number of aromatic nitrogens is 1. The molecule has 0 amide bonds. The summed E-state index contributed by atoms with van der Waals surface area (Å²) in [5, 5.41) is 3.63. The third-order valence-corrected chi connectivity index (χ3v) is 3.89. The van der Waals surface area contributed by atoms with E-state index in [-0.39, 0.29) is 0 Å². The van der Waals surface area contributed by atoms with E-state index in [0.717, 1.165) is 32.1 Å². The summed E-state index contributed by atoms with van der Waals surface area (Å²) in [5.41, 5.74) is 8.64. The lowest BCUT2D eigenvalue weighted by Crippen LogP contribution is -1.84. The van der Waals surface area contributed by atoms with E-state index < -0.39 is 0 Å². The maximum absolute atomic E-state index is 6.17. The van der Waals surface area contributed by atoms with Crippen LogP contribution < -0.4 is 5.73 Å². The number of hydrogen-bond donors (Lipinski definition) is 1. The zero-order valence-corrected chi connectivity index (χ0v) is 10.4. The van der Waals surface area contributed by atoms with Gasteiger partial charge in [-0.2, -0.15) is 0 Å². The van der Waals surface area contributed by atoms with Crippen molar-refractivity contribution in [3.05, 3.63) is 46.9 Å². The normalized spacial score (nSPS) is 10.9. The molecule has 0 fully saturated rings. The van der Waals surface area contributed by atoms with Crippen LogP contribution in [0.2, 0.25) is 5.02 Å². The molecule has 2 N–H and O–H groups in total. The summed E-state index contributed by atoms with van der Waals surface area (Å²) < 4.78 is 0. The highest BCUT2D eigenvalue weighted by Gasteiger charge is 2.07. The Kier molecular flexibility index (Phi) is 2.50. The summed E-state index contributed by atoms with van der Waals surface area (Å²) in [4.78, 5) is 5.36. The van der Waals surface area contributed by atoms with Crippen LogP contribution in [-0.2, 0) is 0 Å². The lowest BCUT2D eigenvalue weighted by molar-refractivity contribution is 1.44. The number of anilines is 1. The Bertz CT molecular complexity index is 691. The Balaban J connectivity index is 2.24. The van der Waals surface area contributed by atoms with Crippen molar-refractivity contribution in [3.8, 4) is 11.1 Å². The topological polar surface area (TPSA) is 38.9 Å². The first kappa shape index (κ1) is 10.6. The molecule has 0 saturated carbocycles. The van der Waals surface area contributed by atoms with Crippen LogP contribution in [-0.4, -0.2) is 4.98 Å². The Hall–Kier alpha value is -1.58. The Labute approximate surface area is 108 Å². The fourth-order valence-electron chi connectivity index (χ4n) is 1.78. The van der Waals surface area contributed by atoms with Crippen LogP contribution >= 0.6 is 22.9 Å². The van der Waals surface area contributed by atoms with Gasteiger partial charge in [0.05, 0.1) is 5.69 Å². The summed E-state index contributed by atoms with van der Waals surface area (Å²) in [6, 6.07) is 9.76. The summed E-state index contributed by atoms with van der Waals surface area (Å²) >= 11 is 7.72. The van der Waals surface area contributed by atoms with Crippen LogP contribution in [0.15, 0.2) is 41.9 Å². The summed E-state index contributed by atoms with van der Waals surface area (Å²) in [6.07, 6.45) is 1.83. The van der Waals surface area contributed by atoms with E-state index in [1.165, 1.54) is 0 Å². The van der Waals surface area contributed by atoms with Gasteiger partial charge in [-0.15, -0.1) is 11.3 Å². The number of benzene rings is 1. The number of thiophene rings is 1. The van der Waals surface area contributed by atoms with Crippen molar-refractivity contribution >= 4 is 38.8 Å². The molecule has 1 aromatic carbocycles. The average molecular weight is 261 g/mol. The van der Waals surface area contributed by atoms with Crippen molar-refractivity contribution in [2.45, 2.75) is 0 Å². The molecule has 3 aromatic rings. The number of pyridine rings is 1. The highest BCUT2D eigenvalue weighted by atomic mass is 35.5.